The van der Waals surface area contributed by atoms with Crippen LogP contribution in [0.4, 0.5) is 0 Å². The largest absolute Gasteiger partial charge is 0.493 e. The molecule has 0 radical (unpaired) electrons. The number of benzene rings is 5. The fourth-order valence-corrected chi connectivity index (χ4v) is 15.5. The van der Waals surface area contributed by atoms with Crippen LogP contribution in [0.15, 0.2) is 71.5 Å². The third-order valence-electron chi connectivity index (χ3n) is 10.9. The zero-order valence-corrected chi connectivity index (χ0v) is 36.4. The molecule has 0 aliphatic carbocycles. The van der Waals surface area contributed by atoms with Gasteiger partial charge >= 0.3 is 0 Å². The molecular weight excluding hydrogens is 705 g/mol. The maximum atomic E-state index is 5.77. The first kappa shape index (κ1) is 40.8. The summed E-state index contributed by atoms with van der Waals surface area (Å²) in [7, 11) is 3.63. The van der Waals surface area contributed by atoms with Crippen molar-refractivity contribution in [2.75, 3.05) is 28.4 Å². The zero-order chi connectivity index (χ0) is 39.9. The lowest BCUT2D eigenvalue weighted by molar-refractivity contribution is 0.356. The smallest absolute Gasteiger partial charge is 0.161 e. The van der Waals surface area contributed by atoms with Crippen molar-refractivity contribution in [1.82, 2.24) is 0 Å². The predicted octanol–water partition coefficient (Wildman–Crippen LogP) is 13.3. The highest BCUT2D eigenvalue weighted by Crippen LogP contribution is 2.62. The first-order chi connectivity index (χ1) is 25.5. The molecule has 6 heteroatoms. The van der Waals surface area contributed by atoms with E-state index in [1.807, 2.05) is 0 Å². The van der Waals surface area contributed by atoms with Gasteiger partial charge in [0.1, 0.15) is 0 Å². The van der Waals surface area contributed by atoms with E-state index in [0.717, 1.165) is 64.0 Å². The van der Waals surface area contributed by atoms with E-state index in [1.54, 1.807) is 28.4 Å². The Morgan fingerprint density at radius 3 is 0.833 bits per heavy atom. The summed E-state index contributed by atoms with van der Waals surface area (Å²) in [6, 6.07) is 17.2. The molecule has 5 aromatic carbocycles. The van der Waals surface area contributed by atoms with Crippen LogP contribution in [0.25, 0.3) is 43.1 Å². The molecule has 0 heterocycles. The number of ether oxygens (including phenoxy) is 4. The van der Waals surface area contributed by atoms with Gasteiger partial charge in [0.15, 0.2) is 23.0 Å². The predicted molar refractivity (Wildman–Crippen MR) is 242 cm³/mol. The molecule has 54 heavy (non-hydrogen) atoms. The number of methoxy groups -OCH3 is 4. The summed E-state index contributed by atoms with van der Waals surface area (Å²) in [5.74, 6) is 10.4. The fourth-order valence-electron chi connectivity index (χ4n) is 8.26. The minimum Gasteiger partial charge on any atom is -0.493 e. The lowest BCUT2D eigenvalue weighted by Gasteiger charge is -2.43. The van der Waals surface area contributed by atoms with E-state index in [2.05, 4.69) is 153 Å². The van der Waals surface area contributed by atoms with Gasteiger partial charge in [-0.3, -0.25) is 0 Å². The number of fused-ring (bicyclic) bond motifs is 4. The molecule has 5 rings (SSSR count). The van der Waals surface area contributed by atoms with E-state index >= 15 is 0 Å². The van der Waals surface area contributed by atoms with Gasteiger partial charge < -0.3 is 18.9 Å². The Morgan fingerprint density at radius 1 is 0.444 bits per heavy atom. The van der Waals surface area contributed by atoms with Crippen LogP contribution >= 0.6 is 20.1 Å². The fraction of sp³-hybridized carbons (Fsp3) is 0.375. The number of hydrogen-bond donors (Lipinski definition) is 0. The van der Waals surface area contributed by atoms with E-state index in [-0.39, 0.29) is 0 Å². The van der Waals surface area contributed by atoms with E-state index in [9.17, 15) is 0 Å². The second-order valence-corrected chi connectivity index (χ2v) is 23.5. The number of hydrogen-bond acceptors (Lipinski definition) is 4. The highest BCUT2D eigenvalue weighted by Gasteiger charge is 2.32. The molecule has 0 aliphatic heterocycles. The molecule has 4 nitrogen and oxygen atoms in total. The van der Waals surface area contributed by atoms with Gasteiger partial charge in [-0.1, -0.05) is 80.4 Å². The van der Waals surface area contributed by atoms with Gasteiger partial charge in [0.05, 0.1) is 28.4 Å². The normalized spacial score (nSPS) is 12.6. The van der Waals surface area contributed by atoms with E-state index in [1.165, 1.54) is 0 Å². The first-order valence-electron chi connectivity index (χ1n) is 18.7. The maximum Gasteiger partial charge on any atom is 0.161 e. The Labute approximate surface area is 327 Å². The second-order valence-electron chi connectivity index (χ2n) is 15.1. The summed E-state index contributed by atoms with van der Waals surface area (Å²) >= 11 is 0. The van der Waals surface area contributed by atoms with E-state index < -0.39 is 20.1 Å². The molecule has 0 saturated carbocycles. The molecule has 0 saturated heterocycles. The third kappa shape index (κ3) is 6.78. The standard InChI is InChI=1S/C48H58O4S2/c1-29(2)53(30(3)4,31(5)6)19-17-39-41-21-35-25-45(49-13)47(51-15)27-37(35)23-43(41)40(18-20-54(32(7)8,33(9)10)34(11)12)44-24-38-28-48(52-16)46(50-14)26-36(38)22-42(39)44/h21-28,30-31,33-34H,1,7H2,2-6,8-16H3. The van der Waals surface area contributed by atoms with Gasteiger partial charge in [-0.2, -0.15) is 0 Å². The van der Waals surface area contributed by atoms with Crippen LogP contribution in [-0.2, 0) is 0 Å². The molecule has 0 bridgehead atoms. The Bertz CT molecular complexity index is 2130. The topological polar surface area (TPSA) is 36.9 Å². The van der Waals surface area contributed by atoms with Crippen LogP contribution in [0.1, 0.15) is 80.4 Å². The van der Waals surface area contributed by atoms with Crippen LogP contribution in [0.2, 0.25) is 0 Å². The summed E-state index contributed by atoms with van der Waals surface area (Å²) in [6.45, 7) is 31.6. The average molecular weight is 763 g/mol. The molecule has 0 N–H and O–H groups in total. The highest BCUT2D eigenvalue weighted by atomic mass is 32.3. The minimum atomic E-state index is -1.54. The van der Waals surface area contributed by atoms with Crippen LogP contribution < -0.4 is 18.9 Å². The van der Waals surface area contributed by atoms with Crippen molar-refractivity contribution in [3.05, 3.63) is 82.6 Å². The Kier molecular flexibility index (Phi) is 11.9. The Morgan fingerprint density at radius 2 is 0.667 bits per heavy atom. The second kappa shape index (κ2) is 15.8. The molecule has 0 aromatic heterocycles. The maximum absolute atomic E-state index is 5.77. The van der Waals surface area contributed by atoms with Crippen molar-refractivity contribution in [1.29, 1.82) is 0 Å². The molecule has 5 aromatic rings. The van der Waals surface area contributed by atoms with Gasteiger partial charge in [-0.05, 0) is 147 Å². The summed E-state index contributed by atoms with van der Waals surface area (Å²) in [6.07, 6.45) is 0. The van der Waals surface area contributed by atoms with Crippen LogP contribution in [0, 0.1) is 22.3 Å². The van der Waals surface area contributed by atoms with Crippen LogP contribution in [0.5, 0.6) is 23.0 Å². The SMILES string of the molecule is C=C(C)S(C#Cc1c2cc3cc(OC)c(OC)cc3cc2c(C#CS(C(=C)C)(C(C)C)C(C)C)c2cc3cc(OC)c(OC)cc3cc12)(C(C)C)C(C)C. The van der Waals surface area contributed by atoms with Crippen LogP contribution in [-0.4, -0.2) is 49.4 Å². The van der Waals surface area contributed by atoms with Gasteiger partial charge in [0.25, 0.3) is 0 Å². The molecule has 0 spiro atoms. The lowest BCUT2D eigenvalue weighted by atomic mass is 9.89. The van der Waals surface area contributed by atoms with Crippen molar-refractivity contribution in [3.63, 3.8) is 0 Å². The number of rotatable bonds is 10. The van der Waals surface area contributed by atoms with Gasteiger partial charge in [0, 0.05) is 11.1 Å². The third-order valence-corrected chi connectivity index (χ3v) is 20.0. The molecule has 0 unspecified atom stereocenters. The lowest BCUT2D eigenvalue weighted by Crippen LogP contribution is -2.20. The molecule has 0 aliphatic rings. The quantitative estimate of drug-likeness (QED) is 0.105. The van der Waals surface area contributed by atoms with Gasteiger partial charge in [-0.15, -0.1) is 20.1 Å². The first-order valence-corrected chi connectivity index (χ1v) is 22.2. The van der Waals surface area contributed by atoms with E-state index in [4.69, 9.17) is 18.9 Å². The van der Waals surface area contributed by atoms with Gasteiger partial charge in [0.2, 0.25) is 0 Å². The monoisotopic (exact) mass is 762 g/mol. The summed E-state index contributed by atoms with van der Waals surface area (Å²) in [5, 5.41) is 17.5. The molecular formula is C48H58O4S2. The molecule has 286 valence electrons. The van der Waals surface area contributed by atoms with Crippen LogP contribution in [0.3, 0.4) is 0 Å². The van der Waals surface area contributed by atoms with Crippen molar-refractivity contribution in [2.45, 2.75) is 90.2 Å². The van der Waals surface area contributed by atoms with Crippen molar-refractivity contribution < 1.29 is 18.9 Å². The summed E-state index contributed by atoms with van der Waals surface area (Å²) in [4.78, 5) is 2.31. The molecule has 0 fully saturated rings. The molecule has 0 amide bonds. The minimum absolute atomic E-state index is 0.339. The average Bonchev–Trinajstić information content (AvgIpc) is 3.12. The summed E-state index contributed by atoms with van der Waals surface area (Å²) in [5.41, 5.74) is 1.95. The van der Waals surface area contributed by atoms with Crippen molar-refractivity contribution in [3.8, 4) is 45.3 Å². The zero-order valence-electron chi connectivity index (χ0n) is 34.8. The van der Waals surface area contributed by atoms with Gasteiger partial charge in [-0.25, -0.2) is 0 Å². The molecule has 0 atom stereocenters. The Balaban J connectivity index is 2.12. The Hall–Kier alpha value is -4.36. The number of allylic oxidation sites excluding steroid dienone is 2. The van der Waals surface area contributed by atoms with Crippen molar-refractivity contribution in [2.24, 2.45) is 0 Å². The van der Waals surface area contributed by atoms with Crippen molar-refractivity contribution >= 4 is 63.1 Å². The van der Waals surface area contributed by atoms with E-state index in [0.29, 0.717) is 44.0 Å². The highest BCUT2D eigenvalue weighted by molar-refractivity contribution is 8.41. The summed E-state index contributed by atoms with van der Waals surface area (Å²) < 4.78 is 23.1.